The maximum absolute atomic E-state index is 10.7. The Morgan fingerprint density at radius 1 is 1.04 bits per heavy atom. The molecule has 4 aliphatic rings. The molecule has 0 amide bonds. The van der Waals surface area contributed by atoms with Crippen LogP contribution in [0, 0.1) is 28.6 Å². The van der Waals surface area contributed by atoms with Crippen LogP contribution in [-0.4, -0.2) is 33.6 Å². The van der Waals surface area contributed by atoms with Gasteiger partial charge >= 0.3 is 0 Å². The van der Waals surface area contributed by atoms with E-state index in [1.165, 1.54) is 18.4 Å². The minimum absolute atomic E-state index is 0.0605. The van der Waals surface area contributed by atoms with Crippen molar-refractivity contribution in [3.63, 3.8) is 0 Å². The van der Waals surface area contributed by atoms with Crippen LogP contribution in [0.15, 0.2) is 11.6 Å². The van der Waals surface area contributed by atoms with E-state index in [2.05, 4.69) is 19.9 Å². The molecule has 3 unspecified atom stereocenters. The molecule has 0 saturated heterocycles. The van der Waals surface area contributed by atoms with Gasteiger partial charge in [0.2, 0.25) is 0 Å². The van der Waals surface area contributed by atoms with E-state index >= 15 is 0 Å². The molecular weight excluding hydrogens is 300 g/mol. The molecule has 0 radical (unpaired) electrons. The zero-order chi connectivity index (χ0) is 17.1. The van der Waals surface area contributed by atoms with Crippen LogP contribution in [0.2, 0.25) is 0 Å². The first-order valence-corrected chi connectivity index (χ1v) is 10.2. The van der Waals surface area contributed by atoms with Crippen LogP contribution >= 0.6 is 0 Å². The van der Waals surface area contributed by atoms with Crippen molar-refractivity contribution in [3.8, 4) is 0 Å². The van der Waals surface area contributed by atoms with E-state index in [0.717, 1.165) is 44.9 Å². The van der Waals surface area contributed by atoms with Gasteiger partial charge < -0.3 is 15.3 Å². The van der Waals surface area contributed by atoms with Crippen LogP contribution in [0.1, 0.15) is 71.6 Å². The highest BCUT2D eigenvalue weighted by Crippen LogP contribution is 2.66. The van der Waals surface area contributed by atoms with E-state index in [4.69, 9.17) is 0 Å². The number of hydrogen-bond donors (Lipinski definition) is 3. The quantitative estimate of drug-likeness (QED) is 0.678. The fraction of sp³-hybridized carbons (Fsp3) is 0.905. The van der Waals surface area contributed by atoms with Crippen LogP contribution in [0.5, 0.6) is 0 Å². The summed E-state index contributed by atoms with van der Waals surface area (Å²) in [5.74, 6) is 1.74. The van der Waals surface area contributed by atoms with E-state index in [1.54, 1.807) is 0 Å². The molecule has 0 heterocycles. The lowest BCUT2D eigenvalue weighted by molar-refractivity contribution is -0.0970. The van der Waals surface area contributed by atoms with Crippen molar-refractivity contribution >= 4 is 0 Å². The maximum Gasteiger partial charge on any atom is 0.0857 e. The van der Waals surface area contributed by atoms with E-state index in [0.29, 0.717) is 17.8 Å². The third kappa shape index (κ3) is 2.07. The lowest BCUT2D eigenvalue weighted by atomic mass is 9.46. The van der Waals surface area contributed by atoms with Gasteiger partial charge in [0.1, 0.15) is 0 Å². The van der Waals surface area contributed by atoms with Gasteiger partial charge in [-0.3, -0.25) is 0 Å². The lowest BCUT2D eigenvalue weighted by Crippen LogP contribution is -2.53. The van der Waals surface area contributed by atoms with Crippen molar-refractivity contribution in [3.05, 3.63) is 11.6 Å². The molecule has 3 nitrogen and oxygen atoms in total. The molecule has 4 aliphatic carbocycles. The number of allylic oxidation sites excluding steroid dienone is 1. The van der Waals surface area contributed by atoms with Gasteiger partial charge in [-0.05, 0) is 81.0 Å². The molecule has 8 atom stereocenters. The Balaban J connectivity index is 1.71. The lowest BCUT2D eigenvalue weighted by Gasteiger charge is -2.59. The minimum Gasteiger partial charge on any atom is -0.393 e. The number of fused-ring (bicyclic) bond motifs is 5. The normalized spacial score (nSPS) is 53.8. The molecule has 0 spiro atoms. The smallest absolute Gasteiger partial charge is 0.0857 e. The Labute approximate surface area is 146 Å². The molecule has 0 aromatic heterocycles. The van der Waals surface area contributed by atoms with Crippen LogP contribution in [0.25, 0.3) is 0 Å². The second-order valence-corrected chi connectivity index (χ2v) is 9.12. The predicted molar refractivity (Wildman–Crippen MR) is 94.3 cm³/mol. The third-order valence-corrected chi connectivity index (χ3v) is 8.80. The van der Waals surface area contributed by atoms with Crippen LogP contribution in [-0.2, 0) is 0 Å². The summed E-state index contributed by atoms with van der Waals surface area (Å²) in [6, 6.07) is 0. The molecule has 3 heteroatoms. The molecule has 0 bridgehead atoms. The first-order chi connectivity index (χ1) is 11.5. The summed E-state index contributed by atoms with van der Waals surface area (Å²) in [7, 11) is 0. The summed E-state index contributed by atoms with van der Waals surface area (Å²) in [4.78, 5) is 0. The van der Waals surface area contributed by atoms with Crippen molar-refractivity contribution < 1.29 is 15.3 Å². The molecule has 3 fully saturated rings. The molecule has 3 N–H and O–H groups in total. The van der Waals surface area contributed by atoms with Gasteiger partial charge in [0.15, 0.2) is 0 Å². The third-order valence-electron chi connectivity index (χ3n) is 8.80. The average molecular weight is 334 g/mol. The van der Waals surface area contributed by atoms with Crippen LogP contribution < -0.4 is 0 Å². The van der Waals surface area contributed by atoms with Crippen LogP contribution in [0.4, 0.5) is 0 Å². The largest absolute Gasteiger partial charge is 0.393 e. The van der Waals surface area contributed by atoms with E-state index < -0.39 is 12.2 Å². The van der Waals surface area contributed by atoms with Gasteiger partial charge in [0, 0.05) is 5.41 Å². The zero-order valence-electron chi connectivity index (χ0n) is 15.2. The van der Waals surface area contributed by atoms with Gasteiger partial charge in [0.05, 0.1) is 18.3 Å². The Morgan fingerprint density at radius 2 is 1.83 bits per heavy atom. The summed E-state index contributed by atoms with van der Waals surface area (Å²) in [6.07, 6.45) is 10.4. The predicted octanol–water partition coefficient (Wildman–Crippen LogP) is 3.42. The number of aliphatic hydroxyl groups excluding tert-OH is 3. The van der Waals surface area contributed by atoms with Gasteiger partial charge in [0.25, 0.3) is 0 Å². The Kier molecular flexibility index (Phi) is 4.14. The fourth-order valence-corrected chi connectivity index (χ4v) is 7.54. The summed E-state index contributed by atoms with van der Waals surface area (Å²) < 4.78 is 0. The number of aliphatic hydroxyl groups is 3. The topological polar surface area (TPSA) is 60.7 Å². The standard InChI is InChI=1S/C21H34O3/c1-3-20-9-7-14(22)11-13(20)5-6-15-16(20)8-10-21(4-2)17(15)12-18(23)19(21)24/h5,14-19,22-24H,3-4,6-12H2,1-2H3/t14-,15?,16?,17?,18+,19-,20-,21-/m0/s1. The van der Waals surface area contributed by atoms with Crippen molar-refractivity contribution in [2.24, 2.45) is 28.6 Å². The highest BCUT2D eigenvalue weighted by Gasteiger charge is 2.62. The first-order valence-electron chi connectivity index (χ1n) is 10.2. The molecule has 0 aromatic rings. The summed E-state index contributed by atoms with van der Waals surface area (Å²) in [6.45, 7) is 4.53. The van der Waals surface area contributed by atoms with Crippen molar-refractivity contribution in [2.45, 2.75) is 89.9 Å². The van der Waals surface area contributed by atoms with Crippen molar-refractivity contribution in [2.75, 3.05) is 0 Å². The Bertz CT molecular complexity index is 529. The zero-order valence-corrected chi connectivity index (χ0v) is 15.2. The van der Waals surface area contributed by atoms with Gasteiger partial charge in [-0.2, -0.15) is 0 Å². The Morgan fingerprint density at radius 3 is 2.54 bits per heavy atom. The fourth-order valence-electron chi connectivity index (χ4n) is 7.54. The van der Waals surface area contributed by atoms with E-state index in [9.17, 15) is 15.3 Å². The SMILES string of the molecule is CC[C@]12CC[C@H](O)CC1=CCC1C2CC[C@@]2(CC)C1C[C@@H](O)[C@@H]2O. The molecule has 136 valence electrons. The van der Waals surface area contributed by atoms with Crippen molar-refractivity contribution in [1.82, 2.24) is 0 Å². The van der Waals surface area contributed by atoms with E-state index in [-0.39, 0.29) is 16.9 Å². The molecule has 24 heavy (non-hydrogen) atoms. The van der Waals surface area contributed by atoms with Gasteiger partial charge in [-0.1, -0.05) is 25.5 Å². The van der Waals surface area contributed by atoms with Gasteiger partial charge in [-0.25, -0.2) is 0 Å². The number of rotatable bonds is 2. The van der Waals surface area contributed by atoms with Gasteiger partial charge in [-0.15, -0.1) is 0 Å². The van der Waals surface area contributed by atoms with E-state index in [1.807, 2.05) is 0 Å². The second-order valence-electron chi connectivity index (χ2n) is 9.12. The van der Waals surface area contributed by atoms with Crippen molar-refractivity contribution in [1.29, 1.82) is 0 Å². The summed E-state index contributed by atoms with van der Waals surface area (Å²) in [5, 5.41) is 31.3. The molecule has 0 aliphatic heterocycles. The monoisotopic (exact) mass is 334 g/mol. The highest BCUT2D eigenvalue weighted by molar-refractivity contribution is 5.26. The average Bonchev–Trinajstić information content (AvgIpc) is 2.86. The Hall–Kier alpha value is -0.380. The summed E-state index contributed by atoms with van der Waals surface area (Å²) >= 11 is 0. The second kappa shape index (κ2) is 5.82. The molecule has 4 rings (SSSR count). The minimum atomic E-state index is -0.537. The summed E-state index contributed by atoms with van der Waals surface area (Å²) in [5.41, 5.74) is 1.74. The molecule has 3 saturated carbocycles. The van der Waals surface area contributed by atoms with Crippen LogP contribution in [0.3, 0.4) is 0 Å². The molecule has 0 aromatic carbocycles. The molecular formula is C21H34O3. The highest BCUT2D eigenvalue weighted by atomic mass is 16.3. The first kappa shape index (κ1) is 17.1. The number of hydrogen-bond acceptors (Lipinski definition) is 3. The maximum atomic E-state index is 10.7.